The van der Waals surface area contributed by atoms with Gasteiger partial charge in [0.2, 0.25) is 0 Å². The molecule has 0 heterocycles. The van der Waals surface area contributed by atoms with Gasteiger partial charge in [-0.3, -0.25) is 0 Å². The average Bonchev–Trinajstić information content (AvgIpc) is 2.44. The summed E-state index contributed by atoms with van der Waals surface area (Å²) >= 11 is 0. The minimum absolute atomic E-state index is 0.140. The highest BCUT2D eigenvalue weighted by molar-refractivity contribution is 5.75. The summed E-state index contributed by atoms with van der Waals surface area (Å²) in [4.78, 5) is 11.3. The number of rotatable bonds is 6. The Bertz CT molecular complexity index is 446. The van der Waals surface area contributed by atoms with Crippen molar-refractivity contribution in [2.75, 3.05) is 13.2 Å². The number of carbonyl (C=O) groups is 1. The van der Waals surface area contributed by atoms with Crippen molar-refractivity contribution in [3.05, 3.63) is 29.8 Å². The largest absolute Gasteiger partial charge is 0.481 e. The maximum absolute atomic E-state index is 11.3. The molecule has 0 aliphatic carbocycles. The topological polar surface area (TPSA) is 76.0 Å². The number of ether oxygens (including phenoxy) is 2. The minimum atomic E-state index is -1.61. The second-order valence-electron chi connectivity index (χ2n) is 3.70. The molecule has 0 fully saturated rings. The van der Waals surface area contributed by atoms with Crippen LogP contribution in [0.4, 0.5) is 0 Å². The van der Waals surface area contributed by atoms with Gasteiger partial charge in [0, 0.05) is 0 Å². The number of terminal acetylenes is 1. The molecule has 0 aromatic heterocycles. The van der Waals surface area contributed by atoms with E-state index >= 15 is 0 Å². The molecule has 1 aromatic carbocycles. The Kier molecular flexibility index (Phi) is 5.86. The molecule has 5 heteroatoms. The van der Waals surface area contributed by atoms with Gasteiger partial charge < -0.3 is 19.7 Å². The summed E-state index contributed by atoms with van der Waals surface area (Å²) in [5.74, 6) is 2.01. The lowest BCUT2D eigenvalue weighted by Crippen LogP contribution is -2.29. The zero-order valence-corrected chi connectivity index (χ0v) is 10.6. The average molecular weight is 264 g/mol. The fraction of sp³-hybridized carbons (Fsp3) is 0.357. The van der Waals surface area contributed by atoms with Crippen molar-refractivity contribution in [3.63, 3.8) is 0 Å². The van der Waals surface area contributed by atoms with Crippen molar-refractivity contribution in [2.24, 2.45) is 0 Å². The number of aliphatic hydroxyl groups excluding tert-OH is 2. The maximum Gasteiger partial charge on any atom is 0.338 e. The number of benzene rings is 1. The standard InChI is InChI=1S/C14H16O5/c1-3-9-19-11-7-5-10(6-8-11)12(15)13(16)14(17)18-4-2/h1,5-8,12-13,15-16H,4,9H2,2H3. The van der Waals surface area contributed by atoms with Crippen LogP contribution in [0, 0.1) is 12.3 Å². The number of carbonyl (C=O) groups excluding carboxylic acids is 1. The van der Waals surface area contributed by atoms with E-state index in [1.165, 1.54) is 0 Å². The molecule has 0 spiro atoms. The van der Waals surface area contributed by atoms with Crippen LogP contribution in [0.5, 0.6) is 5.75 Å². The molecule has 0 aliphatic heterocycles. The van der Waals surface area contributed by atoms with Crippen molar-refractivity contribution in [2.45, 2.75) is 19.1 Å². The van der Waals surface area contributed by atoms with Crippen LogP contribution in [0.25, 0.3) is 0 Å². The summed E-state index contributed by atoms with van der Waals surface area (Å²) in [5.41, 5.74) is 0.383. The number of hydrogen-bond donors (Lipinski definition) is 2. The maximum atomic E-state index is 11.3. The molecule has 2 atom stereocenters. The van der Waals surface area contributed by atoms with Gasteiger partial charge in [-0.25, -0.2) is 4.79 Å². The lowest BCUT2D eigenvalue weighted by atomic mass is 10.0. The highest BCUT2D eigenvalue weighted by atomic mass is 16.5. The van der Waals surface area contributed by atoms with Crippen molar-refractivity contribution in [1.29, 1.82) is 0 Å². The fourth-order valence-electron chi connectivity index (χ4n) is 1.43. The van der Waals surface area contributed by atoms with Gasteiger partial charge >= 0.3 is 5.97 Å². The van der Waals surface area contributed by atoms with Gasteiger partial charge in [0.25, 0.3) is 0 Å². The normalized spacial score (nSPS) is 13.2. The lowest BCUT2D eigenvalue weighted by Gasteiger charge is -2.16. The molecule has 0 amide bonds. The van der Waals surface area contributed by atoms with Gasteiger partial charge in [-0.15, -0.1) is 6.42 Å². The van der Waals surface area contributed by atoms with Crippen molar-refractivity contribution >= 4 is 5.97 Å². The molecule has 0 saturated heterocycles. The lowest BCUT2D eigenvalue weighted by molar-refractivity contribution is -0.159. The number of aliphatic hydroxyl groups is 2. The van der Waals surface area contributed by atoms with Crippen LogP contribution in [0.15, 0.2) is 24.3 Å². The molecule has 1 aromatic rings. The fourth-order valence-corrected chi connectivity index (χ4v) is 1.43. The van der Waals surface area contributed by atoms with Crippen molar-refractivity contribution in [1.82, 2.24) is 0 Å². The van der Waals surface area contributed by atoms with E-state index in [1.54, 1.807) is 31.2 Å². The monoisotopic (exact) mass is 264 g/mol. The second kappa shape index (κ2) is 7.41. The summed E-state index contributed by atoms with van der Waals surface area (Å²) in [5, 5.41) is 19.4. The molecule has 0 bridgehead atoms. The first-order valence-corrected chi connectivity index (χ1v) is 5.79. The van der Waals surface area contributed by atoms with Crippen LogP contribution in [0.2, 0.25) is 0 Å². The number of hydrogen-bond acceptors (Lipinski definition) is 5. The van der Waals surface area contributed by atoms with E-state index in [2.05, 4.69) is 10.7 Å². The summed E-state index contributed by atoms with van der Waals surface area (Å²) in [6, 6.07) is 6.26. The van der Waals surface area contributed by atoms with Crippen LogP contribution in [0.1, 0.15) is 18.6 Å². The third-order valence-corrected chi connectivity index (χ3v) is 2.37. The SMILES string of the molecule is C#CCOc1ccc(C(O)C(O)C(=O)OCC)cc1. The Morgan fingerprint density at radius 2 is 2.00 bits per heavy atom. The smallest absolute Gasteiger partial charge is 0.338 e. The first-order valence-electron chi connectivity index (χ1n) is 5.79. The molecule has 2 N–H and O–H groups in total. The molecule has 5 nitrogen and oxygen atoms in total. The highest BCUT2D eigenvalue weighted by Gasteiger charge is 2.26. The van der Waals surface area contributed by atoms with Crippen LogP contribution in [0.3, 0.4) is 0 Å². The van der Waals surface area contributed by atoms with E-state index in [1.807, 2.05) is 0 Å². The Labute approximate surface area is 111 Å². The van der Waals surface area contributed by atoms with E-state index in [0.717, 1.165) is 0 Å². The molecular weight excluding hydrogens is 248 g/mol. The second-order valence-corrected chi connectivity index (χ2v) is 3.70. The summed E-state index contributed by atoms with van der Waals surface area (Å²) in [6.07, 6.45) is 2.10. The van der Waals surface area contributed by atoms with Gasteiger partial charge in [0.1, 0.15) is 18.5 Å². The van der Waals surface area contributed by atoms with E-state index in [0.29, 0.717) is 11.3 Å². The third-order valence-electron chi connectivity index (χ3n) is 2.37. The van der Waals surface area contributed by atoms with Gasteiger partial charge in [-0.05, 0) is 24.6 Å². The van der Waals surface area contributed by atoms with Crippen LogP contribution < -0.4 is 4.74 Å². The first kappa shape index (κ1) is 15.0. The molecule has 102 valence electrons. The minimum Gasteiger partial charge on any atom is -0.481 e. The van der Waals surface area contributed by atoms with Crippen LogP contribution >= 0.6 is 0 Å². The third kappa shape index (κ3) is 4.28. The quantitative estimate of drug-likeness (QED) is 0.583. The van der Waals surface area contributed by atoms with Crippen LogP contribution in [-0.2, 0) is 9.53 Å². The Morgan fingerprint density at radius 3 is 2.53 bits per heavy atom. The van der Waals surface area contributed by atoms with Crippen molar-refractivity contribution in [3.8, 4) is 18.1 Å². The van der Waals surface area contributed by atoms with E-state index in [-0.39, 0.29) is 13.2 Å². The Hall–Kier alpha value is -2.03. The van der Waals surface area contributed by atoms with E-state index in [4.69, 9.17) is 11.2 Å². The van der Waals surface area contributed by atoms with Gasteiger partial charge in [0.15, 0.2) is 6.10 Å². The Balaban J connectivity index is 2.69. The number of esters is 1. The molecule has 1 rings (SSSR count). The zero-order valence-electron chi connectivity index (χ0n) is 10.6. The summed E-state index contributed by atoms with van der Waals surface area (Å²) < 4.78 is 9.79. The molecule has 2 unspecified atom stereocenters. The molecule has 0 aliphatic rings. The Morgan fingerprint density at radius 1 is 1.37 bits per heavy atom. The molecule has 0 radical (unpaired) electrons. The van der Waals surface area contributed by atoms with Crippen molar-refractivity contribution < 1.29 is 24.5 Å². The predicted molar refractivity (Wildman–Crippen MR) is 68.4 cm³/mol. The van der Waals surface area contributed by atoms with E-state index < -0.39 is 18.2 Å². The summed E-state index contributed by atoms with van der Waals surface area (Å²) in [7, 11) is 0. The highest BCUT2D eigenvalue weighted by Crippen LogP contribution is 2.21. The first-order chi connectivity index (χ1) is 9.10. The van der Waals surface area contributed by atoms with E-state index in [9.17, 15) is 15.0 Å². The molecule has 0 saturated carbocycles. The van der Waals surface area contributed by atoms with Gasteiger partial charge in [-0.1, -0.05) is 18.1 Å². The predicted octanol–water partition coefficient (Wildman–Crippen LogP) is 0.656. The molecule has 19 heavy (non-hydrogen) atoms. The summed E-state index contributed by atoms with van der Waals surface area (Å²) in [6.45, 7) is 1.91. The zero-order chi connectivity index (χ0) is 14.3. The van der Waals surface area contributed by atoms with Gasteiger partial charge in [0.05, 0.1) is 6.61 Å². The van der Waals surface area contributed by atoms with Crippen LogP contribution in [-0.4, -0.2) is 35.5 Å². The molecular formula is C14H16O5. The van der Waals surface area contributed by atoms with Gasteiger partial charge in [-0.2, -0.15) is 0 Å².